The van der Waals surface area contributed by atoms with Crippen molar-refractivity contribution < 1.29 is 18.5 Å². The number of hydrogen-bond donors (Lipinski definition) is 0. The second-order valence-corrected chi connectivity index (χ2v) is 12.6. The predicted octanol–water partition coefficient (Wildman–Crippen LogP) is 8.72. The van der Waals surface area contributed by atoms with E-state index in [1.807, 2.05) is 0 Å². The molecule has 4 nitrogen and oxygen atoms in total. The van der Waals surface area contributed by atoms with Crippen molar-refractivity contribution in [2.75, 3.05) is 41.0 Å². The van der Waals surface area contributed by atoms with E-state index in [4.69, 9.17) is 0 Å². The van der Waals surface area contributed by atoms with Gasteiger partial charge in [-0.1, -0.05) is 117 Å². The highest BCUT2D eigenvalue weighted by Gasteiger charge is 2.13. The smallest absolute Gasteiger partial charge is 0.131 e. The van der Waals surface area contributed by atoms with Gasteiger partial charge in [0.15, 0.2) is 0 Å². The summed E-state index contributed by atoms with van der Waals surface area (Å²) in [6.45, 7) is 8.39. The Hall–Kier alpha value is 0.110. The van der Waals surface area contributed by atoms with Gasteiger partial charge in [0.25, 0.3) is 0 Å². The molecule has 0 saturated heterocycles. The van der Waals surface area contributed by atoms with E-state index in [9.17, 15) is 9.46 Å². The Morgan fingerprint density at radius 2 is 0.788 bits per heavy atom. The van der Waals surface area contributed by atoms with Crippen LogP contribution in [-0.2, 0) is 9.09 Å². The maximum Gasteiger partial charge on any atom is 0.131 e. The summed E-state index contributed by atoms with van der Waals surface area (Å²) in [7, 11) is 2.63. The molecule has 0 heterocycles. The van der Waals surface area contributed by atoms with Gasteiger partial charge in [0.05, 0.1) is 27.2 Å². The highest BCUT2D eigenvalue weighted by atomic mass is 31.2. The Morgan fingerprint density at radius 3 is 1.00 bits per heavy atom. The van der Waals surface area contributed by atoms with Crippen LogP contribution in [0.1, 0.15) is 142 Å². The monoisotopic (exact) mass is 491 g/mol. The molecule has 0 spiro atoms. The third kappa shape index (κ3) is 34.4. The molecule has 0 saturated carbocycles. The van der Waals surface area contributed by atoms with Gasteiger partial charge >= 0.3 is 0 Å². The summed E-state index contributed by atoms with van der Waals surface area (Å²) >= 11 is 0. The van der Waals surface area contributed by atoms with Crippen LogP contribution in [0.15, 0.2) is 0 Å². The third-order valence-corrected chi connectivity index (χ3v) is 7.23. The molecule has 0 aromatic heterocycles. The van der Waals surface area contributed by atoms with Crippen molar-refractivity contribution in [1.82, 2.24) is 0 Å². The molecule has 1 unspecified atom stereocenters. The molecule has 33 heavy (non-hydrogen) atoms. The Morgan fingerprint density at radius 1 is 0.576 bits per heavy atom. The fourth-order valence-electron chi connectivity index (χ4n) is 4.17. The Bertz CT molecular complexity index is 397. The first-order valence-corrected chi connectivity index (χ1v) is 16.3. The second kappa shape index (κ2) is 25.2. The maximum absolute atomic E-state index is 9.81. The van der Waals surface area contributed by atoms with Gasteiger partial charge in [-0.15, -0.1) is 0 Å². The Kier molecular flexibility index (Phi) is 26.9. The molecule has 0 N–H and O–H groups in total. The molecule has 0 aliphatic carbocycles. The van der Waals surface area contributed by atoms with Crippen LogP contribution >= 0.6 is 7.60 Å². The Labute approximate surface area is 209 Å². The van der Waals surface area contributed by atoms with Crippen LogP contribution < -0.4 is 4.89 Å². The largest absolute Gasteiger partial charge is 0.779 e. The molecule has 0 fully saturated rings. The Balaban J connectivity index is 0. The quantitative estimate of drug-likeness (QED) is 0.0815. The van der Waals surface area contributed by atoms with E-state index in [1.54, 1.807) is 0 Å². The van der Waals surface area contributed by atoms with Crippen molar-refractivity contribution in [3.8, 4) is 0 Å². The summed E-state index contributed by atoms with van der Waals surface area (Å²) in [5.74, 6) is 0. The summed E-state index contributed by atoms with van der Waals surface area (Å²) in [5, 5.41) is 0. The SMILES string of the molecule is CCCCCCCCCCCC[N+](C)(C)CCCCCCCCCCCC.COP(C)(=O)[O-]. The molecular weight excluding hydrogens is 429 g/mol. The van der Waals surface area contributed by atoms with Gasteiger partial charge in [0, 0.05) is 13.8 Å². The van der Waals surface area contributed by atoms with Crippen LogP contribution in [0.2, 0.25) is 0 Å². The number of rotatable bonds is 23. The average Bonchev–Trinajstić information content (AvgIpc) is 2.76. The fraction of sp³-hybridized carbons (Fsp3) is 1.00. The molecule has 0 rings (SSSR count). The number of quaternary nitrogens is 1. The second-order valence-electron chi connectivity index (χ2n) is 10.7. The minimum atomic E-state index is -3.40. The van der Waals surface area contributed by atoms with Crippen LogP contribution in [0.25, 0.3) is 0 Å². The van der Waals surface area contributed by atoms with E-state index in [-0.39, 0.29) is 0 Å². The molecule has 0 amide bonds. The van der Waals surface area contributed by atoms with Gasteiger partial charge in [0.1, 0.15) is 7.60 Å². The van der Waals surface area contributed by atoms with E-state index in [0.717, 1.165) is 13.8 Å². The molecular formula is C28H62NO3P. The zero-order valence-electron chi connectivity index (χ0n) is 23.7. The zero-order chi connectivity index (χ0) is 25.3. The molecule has 5 heteroatoms. The first-order valence-electron chi connectivity index (χ1n) is 14.3. The molecule has 0 bridgehead atoms. The summed E-state index contributed by atoms with van der Waals surface area (Å²) in [6, 6.07) is 0. The lowest BCUT2D eigenvalue weighted by Gasteiger charge is -2.30. The minimum Gasteiger partial charge on any atom is -0.779 e. The van der Waals surface area contributed by atoms with E-state index < -0.39 is 7.60 Å². The van der Waals surface area contributed by atoms with Gasteiger partial charge in [-0.05, 0) is 25.7 Å². The highest BCUT2D eigenvalue weighted by molar-refractivity contribution is 7.50. The fourth-order valence-corrected chi connectivity index (χ4v) is 4.17. The normalized spacial score (nSPS) is 13.4. The van der Waals surface area contributed by atoms with Crippen LogP contribution in [0.4, 0.5) is 0 Å². The topological polar surface area (TPSA) is 49.4 Å². The third-order valence-electron chi connectivity index (χ3n) is 6.57. The molecule has 1 atom stereocenters. The van der Waals surface area contributed by atoms with Crippen LogP contribution in [0, 0.1) is 0 Å². The van der Waals surface area contributed by atoms with Crippen LogP contribution in [-0.4, -0.2) is 45.4 Å². The summed E-state index contributed by atoms with van der Waals surface area (Å²) in [4.78, 5) is 9.81. The number of unbranched alkanes of at least 4 members (excludes halogenated alkanes) is 18. The zero-order valence-corrected chi connectivity index (χ0v) is 24.6. The first kappa shape index (κ1) is 35.3. The number of nitrogens with zero attached hydrogens (tertiary/aromatic N) is 1. The summed E-state index contributed by atoms with van der Waals surface area (Å²) in [6.07, 6.45) is 29.0. The van der Waals surface area contributed by atoms with Crippen molar-refractivity contribution in [1.29, 1.82) is 0 Å². The standard InChI is InChI=1S/C26H56N.C2H7O3P/c1-5-7-9-11-13-15-17-19-21-23-25-27(3,4)26-24-22-20-18-16-14-12-10-8-6-2;1-5-6(2,3)4/h5-26H2,1-4H3;1-2H3,(H,3,4)/q+1;/p-1. The average molecular weight is 492 g/mol. The maximum atomic E-state index is 9.81. The van der Waals surface area contributed by atoms with Gasteiger partial charge in [-0.3, -0.25) is 0 Å². The van der Waals surface area contributed by atoms with E-state index in [2.05, 4.69) is 32.5 Å². The van der Waals surface area contributed by atoms with Crippen molar-refractivity contribution in [2.24, 2.45) is 0 Å². The molecule has 202 valence electrons. The molecule has 0 aliphatic heterocycles. The first-order chi connectivity index (χ1) is 15.7. The van der Waals surface area contributed by atoms with Crippen molar-refractivity contribution >= 4 is 7.60 Å². The molecule has 0 aliphatic rings. The van der Waals surface area contributed by atoms with Crippen LogP contribution in [0.5, 0.6) is 0 Å². The lowest BCUT2D eigenvalue weighted by atomic mass is 10.1. The van der Waals surface area contributed by atoms with E-state index in [0.29, 0.717) is 0 Å². The number of hydrogen-bond acceptors (Lipinski definition) is 3. The molecule has 0 aromatic carbocycles. The summed E-state index contributed by atoms with van der Waals surface area (Å²) < 4.78 is 15.0. The predicted molar refractivity (Wildman–Crippen MR) is 146 cm³/mol. The highest BCUT2D eigenvalue weighted by Crippen LogP contribution is 2.28. The van der Waals surface area contributed by atoms with E-state index in [1.165, 1.54) is 146 Å². The van der Waals surface area contributed by atoms with E-state index >= 15 is 0 Å². The van der Waals surface area contributed by atoms with Crippen LogP contribution in [0.3, 0.4) is 0 Å². The van der Waals surface area contributed by atoms with Crippen molar-refractivity contribution in [2.45, 2.75) is 142 Å². The molecule has 0 radical (unpaired) electrons. The van der Waals surface area contributed by atoms with Crippen molar-refractivity contribution in [3.05, 3.63) is 0 Å². The van der Waals surface area contributed by atoms with Gasteiger partial charge in [-0.25, -0.2) is 0 Å². The van der Waals surface area contributed by atoms with Gasteiger partial charge < -0.3 is 18.5 Å². The lowest BCUT2D eigenvalue weighted by Crippen LogP contribution is -2.41. The van der Waals surface area contributed by atoms with Gasteiger partial charge in [-0.2, -0.15) is 0 Å². The summed E-state index contributed by atoms with van der Waals surface area (Å²) in [5.41, 5.74) is 0. The molecule has 0 aromatic rings. The minimum absolute atomic E-state index is 1.02. The lowest BCUT2D eigenvalue weighted by molar-refractivity contribution is -0.890. The van der Waals surface area contributed by atoms with Gasteiger partial charge in [0.2, 0.25) is 0 Å². The van der Waals surface area contributed by atoms with Crippen molar-refractivity contribution in [3.63, 3.8) is 0 Å².